The van der Waals surface area contributed by atoms with Gasteiger partial charge in [0.1, 0.15) is 12.7 Å². The van der Waals surface area contributed by atoms with Gasteiger partial charge in [0.15, 0.2) is 11.6 Å². The molecule has 0 spiro atoms. The zero-order chi connectivity index (χ0) is 14.5. The molecule has 0 fully saturated rings. The number of rotatable bonds is 4. The van der Waals surface area contributed by atoms with Gasteiger partial charge in [0.05, 0.1) is 11.6 Å². The highest BCUT2D eigenvalue weighted by Crippen LogP contribution is 2.23. The lowest BCUT2D eigenvalue weighted by Gasteiger charge is -2.14. The van der Waals surface area contributed by atoms with Crippen LogP contribution in [0.5, 0.6) is 5.75 Å². The summed E-state index contributed by atoms with van der Waals surface area (Å²) >= 11 is 0. The molecule has 0 aliphatic carbocycles. The van der Waals surface area contributed by atoms with Crippen LogP contribution in [0.4, 0.5) is 10.1 Å². The highest BCUT2D eigenvalue weighted by Gasteiger charge is 2.13. The maximum Gasteiger partial charge on any atom is 0.166 e. The molecule has 2 rings (SSSR count). The van der Waals surface area contributed by atoms with E-state index < -0.39 is 11.9 Å². The van der Waals surface area contributed by atoms with E-state index in [0.717, 1.165) is 6.07 Å². The summed E-state index contributed by atoms with van der Waals surface area (Å²) in [6.45, 7) is -0.128. The lowest BCUT2D eigenvalue weighted by molar-refractivity contribution is 0.106. The van der Waals surface area contributed by atoms with E-state index in [9.17, 15) is 9.50 Å². The monoisotopic (exact) mass is 272 g/mol. The van der Waals surface area contributed by atoms with E-state index in [4.69, 9.17) is 15.7 Å². The Kier molecular flexibility index (Phi) is 4.18. The van der Waals surface area contributed by atoms with Crippen LogP contribution in [0.1, 0.15) is 17.2 Å². The van der Waals surface area contributed by atoms with Crippen molar-refractivity contribution in [2.45, 2.75) is 6.10 Å². The minimum absolute atomic E-state index is 0.0162. The Morgan fingerprint density at radius 2 is 2.05 bits per heavy atom. The Labute approximate surface area is 115 Å². The van der Waals surface area contributed by atoms with Gasteiger partial charge in [0.25, 0.3) is 0 Å². The second kappa shape index (κ2) is 6.04. The molecule has 20 heavy (non-hydrogen) atoms. The molecule has 3 N–H and O–H groups in total. The largest absolute Gasteiger partial charge is 0.487 e. The first-order valence-electron chi connectivity index (χ1n) is 5.96. The minimum Gasteiger partial charge on any atom is -0.487 e. The van der Waals surface area contributed by atoms with Crippen molar-refractivity contribution in [2.75, 3.05) is 12.3 Å². The molecular weight excluding hydrogens is 259 g/mol. The lowest BCUT2D eigenvalue weighted by Crippen LogP contribution is -2.12. The third kappa shape index (κ3) is 3.05. The first-order valence-corrected chi connectivity index (χ1v) is 5.96. The molecule has 0 amide bonds. The normalized spacial score (nSPS) is 11.7. The average molecular weight is 272 g/mol. The number of hydrogen-bond acceptors (Lipinski definition) is 4. The van der Waals surface area contributed by atoms with Crippen LogP contribution in [0, 0.1) is 17.1 Å². The molecular formula is C15H13FN2O2. The second-order valence-electron chi connectivity index (χ2n) is 4.21. The van der Waals surface area contributed by atoms with Crippen molar-refractivity contribution in [3.63, 3.8) is 0 Å². The van der Waals surface area contributed by atoms with Crippen molar-refractivity contribution in [3.05, 3.63) is 59.4 Å². The molecule has 0 aliphatic rings. The van der Waals surface area contributed by atoms with Crippen LogP contribution < -0.4 is 10.5 Å². The van der Waals surface area contributed by atoms with Gasteiger partial charge in [0, 0.05) is 11.3 Å². The number of aliphatic hydroxyl groups excluding tert-OH is 1. The Morgan fingerprint density at radius 3 is 2.70 bits per heavy atom. The Balaban J connectivity index is 2.06. The van der Waals surface area contributed by atoms with Crippen LogP contribution in [0.2, 0.25) is 0 Å². The highest BCUT2D eigenvalue weighted by molar-refractivity contribution is 5.47. The molecule has 0 radical (unpaired) electrons. The highest BCUT2D eigenvalue weighted by atomic mass is 19.1. The molecule has 2 aromatic rings. The number of hydrogen-bond donors (Lipinski definition) is 2. The van der Waals surface area contributed by atoms with E-state index in [1.807, 2.05) is 6.07 Å². The molecule has 2 aromatic carbocycles. The third-order valence-corrected chi connectivity index (χ3v) is 2.81. The fraction of sp³-hybridized carbons (Fsp3) is 0.133. The van der Waals surface area contributed by atoms with E-state index in [2.05, 4.69) is 0 Å². The standard InChI is InChI=1S/C15H13FN2O2/c16-12-7-10(8-17)5-6-15(12)20-9-14(19)11-3-1-2-4-13(11)18/h1-7,14,19H,9,18H2. The summed E-state index contributed by atoms with van der Waals surface area (Å²) in [5.74, 6) is -0.658. The van der Waals surface area contributed by atoms with Crippen LogP contribution in [0.15, 0.2) is 42.5 Å². The van der Waals surface area contributed by atoms with Gasteiger partial charge >= 0.3 is 0 Å². The number of aliphatic hydroxyl groups is 1. The number of anilines is 1. The molecule has 102 valence electrons. The van der Waals surface area contributed by atoms with E-state index in [-0.39, 0.29) is 17.9 Å². The van der Waals surface area contributed by atoms with Crippen LogP contribution in [0.3, 0.4) is 0 Å². The van der Waals surface area contributed by atoms with E-state index in [1.54, 1.807) is 24.3 Å². The number of halogens is 1. The van der Waals surface area contributed by atoms with Crippen molar-refractivity contribution in [3.8, 4) is 11.8 Å². The summed E-state index contributed by atoms with van der Waals surface area (Å²) in [6, 6.07) is 12.6. The quantitative estimate of drug-likeness (QED) is 0.837. The fourth-order valence-electron chi connectivity index (χ4n) is 1.76. The van der Waals surface area contributed by atoms with Crippen LogP contribution in [0.25, 0.3) is 0 Å². The number of benzene rings is 2. The van der Waals surface area contributed by atoms with E-state index in [1.165, 1.54) is 12.1 Å². The Hall–Kier alpha value is -2.58. The maximum absolute atomic E-state index is 13.6. The summed E-state index contributed by atoms with van der Waals surface area (Å²) in [4.78, 5) is 0. The van der Waals surface area contributed by atoms with Gasteiger partial charge in [-0.3, -0.25) is 0 Å². The first-order chi connectivity index (χ1) is 9.61. The number of para-hydroxylation sites is 1. The summed E-state index contributed by atoms with van der Waals surface area (Å²) in [7, 11) is 0. The van der Waals surface area contributed by atoms with Gasteiger partial charge in [-0.2, -0.15) is 5.26 Å². The van der Waals surface area contributed by atoms with Gasteiger partial charge in [-0.1, -0.05) is 18.2 Å². The molecule has 4 nitrogen and oxygen atoms in total. The maximum atomic E-state index is 13.6. The van der Waals surface area contributed by atoms with Gasteiger partial charge in [0.2, 0.25) is 0 Å². The van der Waals surface area contributed by atoms with Crippen LogP contribution >= 0.6 is 0 Å². The second-order valence-corrected chi connectivity index (χ2v) is 4.21. The van der Waals surface area contributed by atoms with Crippen molar-refractivity contribution in [2.24, 2.45) is 0 Å². The zero-order valence-electron chi connectivity index (χ0n) is 10.6. The van der Waals surface area contributed by atoms with Crippen molar-refractivity contribution in [1.29, 1.82) is 5.26 Å². The zero-order valence-corrected chi connectivity index (χ0v) is 10.6. The van der Waals surface area contributed by atoms with Gasteiger partial charge in [-0.25, -0.2) is 4.39 Å². The van der Waals surface area contributed by atoms with Gasteiger partial charge in [-0.15, -0.1) is 0 Å². The van der Waals surface area contributed by atoms with Crippen molar-refractivity contribution in [1.82, 2.24) is 0 Å². The summed E-state index contributed by atoms with van der Waals surface area (Å²) < 4.78 is 18.8. The predicted octanol–water partition coefficient (Wildman–Crippen LogP) is 2.39. The summed E-state index contributed by atoms with van der Waals surface area (Å²) in [5, 5.41) is 18.6. The molecule has 0 bridgehead atoms. The molecule has 1 atom stereocenters. The molecule has 0 aliphatic heterocycles. The predicted molar refractivity (Wildman–Crippen MR) is 72.4 cm³/mol. The molecule has 0 saturated heterocycles. The number of nitrogens with zero attached hydrogens (tertiary/aromatic N) is 1. The third-order valence-electron chi connectivity index (χ3n) is 2.81. The van der Waals surface area contributed by atoms with E-state index in [0.29, 0.717) is 11.3 Å². The molecule has 0 heterocycles. The van der Waals surface area contributed by atoms with Crippen LogP contribution in [-0.2, 0) is 0 Å². The molecule has 0 aromatic heterocycles. The Morgan fingerprint density at radius 1 is 1.30 bits per heavy atom. The number of ether oxygens (including phenoxy) is 1. The summed E-state index contributed by atoms with van der Waals surface area (Å²) in [6.07, 6.45) is -0.953. The number of nitrogen functional groups attached to an aromatic ring is 1. The first kappa shape index (κ1) is 13.8. The SMILES string of the molecule is N#Cc1ccc(OCC(O)c2ccccc2N)c(F)c1. The van der Waals surface area contributed by atoms with Crippen molar-refractivity contribution >= 4 is 5.69 Å². The fourth-order valence-corrected chi connectivity index (χ4v) is 1.76. The minimum atomic E-state index is -0.953. The molecule has 0 saturated carbocycles. The summed E-state index contributed by atoms with van der Waals surface area (Å²) in [5.41, 5.74) is 6.92. The number of nitrogens with two attached hydrogens (primary N) is 1. The van der Waals surface area contributed by atoms with Gasteiger partial charge < -0.3 is 15.6 Å². The van der Waals surface area contributed by atoms with Crippen molar-refractivity contribution < 1.29 is 14.2 Å². The Bertz CT molecular complexity index is 653. The lowest BCUT2D eigenvalue weighted by atomic mass is 10.1. The average Bonchev–Trinajstić information content (AvgIpc) is 2.46. The van der Waals surface area contributed by atoms with Crippen LogP contribution in [-0.4, -0.2) is 11.7 Å². The van der Waals surface area contributed by atoms with E-state index >= 15 is 0 Å². The molecule has 5 heteroatoms. The van der Waals surface area contributed by atoms with Gasteiger partial charge in [-0.05, 0) is 24.3 Å². The molecule has 1 unspecified atom stereocenters. The topological polar surface area (TPSA) is 79.3 Å². The number of nitriles is 1. The smallest absolute Gasteiger partial charge is 0.166 e.